The molecule has 5 aliphatic heterocycles. The number of aliphatic carboxylic acids is 5. The van der Waals surface area contributed by atoms with Gasteiger partial charge in [0.25, 0.3) is 51.0 Å². The van der Waals surface area contributed by atoms with Crippen LogP contribution in [0, 0.1) is 29.6 Å². The third-order valence-electron chi connectivity index (χ3n) is 26.2. The molecule has 35 N–H and O–H groups in total. The van der Waals surface area contributed by atoms with Crippen molar-refractivity contribution in [2.24, 2.45) is 86.9 Å². The van der Waals surface area contributed by atoms with Crippen molar-refractivity contribution < 1.29 is 142 Å². The highest BCUT2D eigenvalue weighted by Crippen LogP contribution is 2.45. The Morgan fingerprint density at radius 3 is 0.827 bits per heavy atom. The van der Waals surface area contributed by atoms with E-state index in [0.717, 1.165) is 30.1 Å². The molecule has 0 aromatic rings. The van der Waals surface area contributed by atoms with Gasteiger partial charge in [0.15, 0.2) is 0 Å². The van der Waals surface area contributed by atoms with E-state index in [1.165, 1.54) is 32.9 Å². The molecule has 11 rings (SSSR count). The lowest BCUT2D eigenvalue weighted by atomic mass is 9.78. The summed E-state index contributed by atoms with van der Waals surface area (Å²) in [6, 6.07) is -2.59. The number of likely N-dealkylation sites (N-methyl/N-ethyl adjacent to an activating group) is 2. The standard InChI is InChI=1S/C14H27BN4O6S.2C14H29BN4O6S.C13H27BN4O6S.C12H25BN4O6S/c16-11-6-12(11)19(10-3-4-10)26(24,25)18-7-9(2-1-5-15(22)23)14(17,8-18)13(20)21;1-9(2)19(12-6-11(12)16)26(24,25)18-7-10(4-3-5-15(22)23)14(17,8-18)13(20)21;1-2-6-19(12-7-11(12)16)26(24,25)18-8-10(4-3-5-15(22)23)14(17,9-18)13(20)21;1-2-18(11-6-10(11)15)25(23,24)17-7-9(4-3-5-14(21)22)13(16,8-17)12(19)20;1-16(10-5-9(10)14)24(22,23)17-6-8(3-2-4-13(20)21)12(15,7-17)11(18)19/h9-12,22-23H,1-8,16-17H2,(H,20,21);9-12,22-23H,3-8,16-17H2,1-2H3,(H,20,21);10-12,22-23H,2-9,16-17H2,1H3,(H,20,21);9-11,21-22H,2-8,15-16H2,1H3,(H,19,20);8-10,20-21H,2-7,14-15H2,1H3,(H,18,19)/t9-,11?,12?,14-;2*10-,11?,12?,14-;9-,10?,11?,13-;8-,9?,10?,12-/m00000/s1. The average molecular weight is 1920 g/mol. The molecule has 0 amide bonds. The fourth-order valence-corrected chi connectivity index (χ4v) is 27.6. The van der Waals surface area contributed by atoms with Gasteiger partial charge in [-0.15, -0.1) is 0 Å². The van der Waals surface area contributed by atoms with Crippen LogP contribution in [-0.4, -0.2) is 412 Å². The highest BCUT2D eigenvalue weighted by Gasteiger charge is 2.63. The van der Waals surface area contributed by atoms with Crippen molar-refractivity contribution in [3.05, 3.63) is 0 Å². The van der Waals surface area contributed by atoms with Crippen molar-refractivity contribution in [3.8, 4) is 0 Å². The zero-order valence-electron chi connectivity index (χ0n) is 72.6. The number of hydrogen-bond acceptors (Lipinski definition) is 35. The minimum Gasteiger partial charge on any atom is -0.480 e. The molecule has 730 valence electrons. The van der Waals surface area contributed by atoms with E-state index >= 15 is 0 Å². The molecule has 0 radical (unpaired) electrons. The number of carboxylic acids is 5. The number of carbonyl (C=O) groups is 5. The first-order valence-electron chi connectivity index (χ1n) is 43.1. The van der Waals surface area contributed by atoms with Gasteiger partial charge < -0.3 is 133 Å². The summed E-state index contributed by atoms with van der Waals surface area (Å²) in [5.74, 6) is -9.31. The third-order valence-corrected chi connectivity index (χ3v) is 36.3. The van der Waals surface area contributed by atoms with Gasteiger partial charge in [0, 0.05) is 188 Å². The van der Waals surface area contributed by atoms with E-state index in [4.69, 9.17) is 108 Å². The maximum atomic E-state index is 13.1. The molecule has 0 spiro atoms. The second-order valence-corrected chi connectivity index (χ2v) is 45.8. The average Bonchev–Trinajstić information content (AvgIpc) is 1.60. The monoisotopic (exact) mass is 1920 g/mol. The van der Waals surface area contributed by atoms with Crippen molar-refractivity contribution in [2.45, 2.75) is 275 Å². The lowest BCUT2D eigenvalue weighted by molar-refractivity contribution is -0.145. The van der Waals surface area contributed by atoms with Gasteiger partial charge in [-0.2, -0.15) is 85.1 Å². The first-order valence-corrected chi connectivity index (χ1v) is 50.1. The van der Waals surface area contributed by atoms with Crippen LogP contribution in [0.4, 0.5) is 0 Å². The van der Waals surface area contributed by atoms with Gasteiger partial charge in [0.05, 0.1) is 0 Å². The second-order valence-electron chi connectivity index (χ2n) is 36.4. The topological polar surface area (TPSA) is 852 Å². The van der Waals surface area contributed by atoms with Crippen LogP contribution < -0.4 is 57.3 Å². The van der Waals surface area contributed by atoms with E-state index in [0.29, 0.717) is 103 Å². The van der Waals surface area contributed by atoms with E-state index in [-0.39, 0.29) is 183 Å². The van der Waals surface area contributed by atoms with Gasteiger partial charge in [-0.3, -0.25) is 24.0 Å². The largest absolute Gasteiger partial charge is 0.480 e. The summed E-state index contributed by atoms with van der Waals surface area (Å²) < 4.78 is 142. The molecule has 5 saturated heterocycles. The Bertz CT molecular complexity index is 4240. The van der Waals surface area contributed by atoms with E-state index in [9.17, 15) is 91.6 Å². The van der Waals surface area contributed by atoms with Gasteiger partial charge in [-0.1, -0.05) is 46.0 Å². The SMILES string of the molecule is CC(C)N(C1CC1N)S(=O)(=O)N1C[C@H](CCCB(O)O)[C@](N)(C(=O)O)C1.CCCN(C1CC1N)S(=O)(=O)N1C[C@H](CCCB(O)O)[C@](N)(C(=O)O)C1.CCN(C1CC1N)S(=O)(=O)N1C[C@H](CCCB(O)O)[C@](N)(C(=O)O)C1.CN(C1CC1N)S(=O)(=O)N1C[C@H](CCCB(O)O)[C@](N)(C(=O)O)C1.NC1CC1N(C1CC1)S(=O)(=O)N1C[C@H](CCCB(O)O)[C@](N)(C(=O)O)C1. The predicted octanol–water partition coefficient (Wildman–Crippen LogP) is -11.4. The molecule has 11 aliphatic rings. The minimum atomic E-state index is -3.90. The molecular weight excluding hydrogens is 1780 g/mol. The molecule has 0 aromatic carbocycles. The van der Waals surface area contributed by atoms with Crippen molar-refractivity contribution in [2.75, 3.05) is 85.6 Å². The number of nitrogens with two attached hydrogens (primary N) is 10. The highest BCUT2D eigenvalue weighted by atomic mass is 32.2. The molecular formula is C67H137B5N20O30S5. The Balaban J connectivity index is 0.000000218. The Morgan fingerprint density at radius 2 is 0.606 bits per heavy atom. The molecule has 11 fully saturated rings. The third kappa shape index (κ3) is 26.7. The molecule has 6 saturated carbocycles. The van der Waals surface area contributed by atoms with Crippen molar-refractivity contribution >= 4 is 116 Å². The summed E-state index contributed by atoms with van der Waals surface area (Å²) in [5, 5.41) is 137. The molecule has 50 nitrogen and oxygen atoms in total. The summed E-state index contributed by atoms with van der Waals surface area (Å²) in [4.78, 5) is 58.4. The lowest BCUT2D eigenvalue weighted by Crippen LogP contribution is -2.56. The summed E-state index contributed by atoms with van der Waals surface area (Å²) in [5.41, 5.74) is 50.8. The van der Waals surface area contributed by atoms with Gasteiger partial charge in [-0.25, -0.2) is 0 Å². The van der Waals surface area contributed by atoms with E-state index in [2.05, 4.69) is 0 Å². The smallest absolute Gasteiger partial charge is 0.451 e. The fourth-order valence-electron chi connectivity index (χ4n) is 17.6. The Kier molecular flexibility index (Phi) is 38.1. The van der Waals surface area contributed by atoms with Crippen LogP contribution >= 0.6 is 0 Å². The van der Waals surface area contributed by atoms with E-state index in [1.807, 2.05) is 6.92 Å². The summed E-state index contributed by atoms with van der Waals surface area (Å²) in [6.45, 7) is 6.10. The Labute approximate surface area is 744 Å². The maximum absolute atomic E-state index is 13.1. The quantitative estimate of drug-likeness (QED) is 0.0252. The zero-order valence-corrected chi connectivity index (χ0v) is 76.7. The zero-order chi connectivity index (χ0) is 96.1. The lowest BCUT2D eigenvalue weighted by Gasteiger charge is -2.31. The Hall–Kier alpha value is -3.78. The molecule has 0 aromatic heterocycles. The number of rotatable bonds is 45. The molecule has 60 heteroatoms. The molecule has 20 atom stereocenters. The first-order chi connectivity index (χ1) is 58.5. The first kappa shape index (κ1) is 110. The number of hydrogen-bond donors (Lipinski definition) is 25. The molecule has 127 heavy (non-hydrogen) atoms. The van der Waals surface area contributed by atoms with Crippen molar-refractivity contribution in [3.63, 3.8) is 0 Å². The van der Waals surface area contributed by atoms with Crippen LogP contribution in [0.25, 0.3) is 0 Å². The Morgan fingerprint density at radius 1 is 0.370 bits per heavy atom. The molecule has 5 heterocycles. The maximum Gasteiger partial charge on any atom is 0.451 e. The highest BCUT2D eigenvalue weighted by molar-refractivity contribution is 7.88. The van der Waals surface area contributed by atoms with Crippen LogP contribution in [0.15, 0.2) is 0 Å². The van der Waals surface area contributed by atoms with Crippen LogP contribution in [0.3, 0.4) is 0 Å². The van der Waals surface area contributed by atoms with Gasteiger partial charge >= 0.3 is 65.4 Å². The summed E-state index contributed by atoms with van der Waals surface area (Å²) >= 11 is 0. The predicted molar refractivity (Wildman–Crippen MR) is 465 cm³/mol. The van der Waals surface area contributed by atoms with Crippen molar-refractivity contribution in [1.29, 1.82) is 0 Å². The molecule has 10 unspecified atom stereocenters. The van der Waals surface area contributed by atoms with Crippen molar-refractivity contribution in [1.82, 2.24) is 43.1 Å². The van der Waals surface area contributed by atoms with Gasteiger partial charge in [-0.05, 0) is 129 Å². The molecule has 6 aliphatic carbocycles. The van der Waals surface area contributed by atoms with Crippen LogP contribution in [0.5, 0.6) is 0 Å². The summed E-state index contributed by atoms with van der Waals surface area (Å²) in [7, 11) is -25.3. The minimum absolute atomic E-state index is 0.00513. The second kappa shape index (κ2) is 43.9. The fraction of sp³-hybridized carbons (Fsp3) is 0.925. The van der Waals surface area contributed by atoms with Crippen LogP contribution in [0.2, 0.25) is 31.6 Å². The molecule has 0 bridgehead atoms. The van der Waals surface area contributed by atoms with Gasteiger partial charge in [0.1, 0.15) is 27.7 Å². The van der Waals surface area contributed by atoms with Gasteiger partial charge in [0.2, 0.25) is 0 Å². The van der Waals surface area contributed by atoms with Crippen LogP contribution in [0.1, 0.15) is 143 Å². The van der Waals surface area contributed by atoms with E-state index < -0.39 is 174 Å². The summed E-state index contributed by atoms with van der Waals surface area (Å²) in [6.07, 6.45) is 8.76. The number of carboxylic acid groups (broad SMARTS) is 5. The van der Waals surface area contributed by atoms with Crippen LogP contribution in [-0.2, 0) is 75.0 Å². The normalized spacial score (nSPS) is 33.3. The van der Waals surface area contributed by atoms with E-state index in [1.54, 1.807) is 20.8 Å². The number of nitrogens with zero attached hydrogens (tertiary/aromatic N) is 10.